The summed E-state index contributed by atoms with van der Waals surface area (Å²) in [5.41, 5.74) is 5.67. The molecule has 2 N–H and O–H groups in total. The summed E-state index contributed by atoms with van der Waals surface area (Å²) in [6, 6.07) is 12.6. The first kappa shape index (κ1) is 14.3. The molecular formula is C17H17BrN2O. The van der Waals surface area contributed by atoms with Crippen LogP contribution in [-0.4, -0.2) is 13.0 Å². The number of amides is 1. The van der Waals surface area contributed by atoms with E-state index in [1.165, 1.54) is 16.7 Å². The van der Waals surface area contributed by atoms with E-state index in [2.05, 4.69) is 63.8 Å². The van der Waals surface area contributed by atoms with Crippen LogP contribution >= 0.6 is 15.9 Å². The molecule has 1 unspecified atom stereocenters. The molecule has 3 rings (SSSR count). The number of carbonyl (C=O) groups excluding carboxylic acids is 1. The van der Waals surface area contributed by atoms with Gasteiger partial charge in [0, 0.05) is 10.2 Å². The minimum Gasteiger partial charge on any atom is -0.326 e. The SMILES string of the molecule is CNC(c1ccc2c(c1)CC(=O)N2)c1cc(Br)ccc1C. The van der Waals surface area contributed by atoms with Crippen molar-refractivity contribution in [2.75, 3.05) is 12.4 Å². The number of carbonyl (C=O) groups is 1. The Balaban J connectivity index is 2.03. The fraction of sp³-hybridized carbons (Fsp3) is 0.235. The van der Waals surface area contributed by atoms with Crippen molar-refractivity contribution in [2.24, 2.45) is 0 Å². The maximum Gasteiger partial charge on any atom is 0.228 e. The van der Waals surface area contributed by atoms with E-state index in [1.54, 1.807) is 0 Å². The number of fused-ring (bicyclic) bond motifs is 1. The van der Waals surface area contributed by atoms with Crippen molar-refractivity contribution < 1.29 is 4.79 Å². The van der Waals surface area contributed by atoms with Gasteiger partial charge in [0.05, 0.1) is 12.5 Å². The molecule has 0 radical (unpaired) electrons. The van der Waals surface area contributed by atoms with Crippen LogP contribution in [0.15, 0.2) is 40.9 Å². The number of aryl methyl sites for hydroxylation is 1. The molecule has 0 spiro atoms. The zero-order valence-electron chi connectivity index (χ0n) is 12.0. The molecule has 2 aromatic carbocycles. The lowest BCUT2D eigenvalue weighted by atomic mass is 9.93. The molecule has 0 aromatic heterocycles. The molecule has 4 heteroatoms. The van der Waals surface area contributed by atoms with Crippen LogP contribution in [0, 0.1) is 6.92 Å². The fourth-order valence-corrected chi connectivity index (χ4v) is 3.23. The normalized spacial score (nSPS) is 14.7. The molecule has 1 heterocycles. The van der Waals surface area contributed by atoms with E-state index in [0.717, 1.165) is 15.7 Å². The Morgan fingerprint density at radius 3 is 2.81 bits per heavy atom. The van der Waals surface area contributed by atoms with Gasteiger partial charge in [-0.25, -0.2) is 0 Å². The smallest absolute Gasteiger partial charge is 0.228 e. The first-order valence-corrected chi connectivity index (χ1v) is 7.74. The van der Waals surface area contributed by atoms with Crippen molar-refractivity contribution in [1.29, 1.82) is 0 Å². The van der Waals surface area contributed by atoms with Gasteiger partial charge in [0.25, 0.3) is 0 Å². The largest absolute Gasteiger partial charge is 0.326 e. The van der Waals surface area contributed by atoms with Crippen molar-refractivity contribution in [2.45, 2.75) is 19.4 Å². The molecule has 1 atom stereocenters. The van der Waals surface area contributed by atoms with Crippen molar-refractivity contribution in [1.82, 2.24) is 5.32 Å². The van der Waals surface area contributed by atoms with Gasteiger partial charge in [-0.3, -0.25) is 4.79 Å². The number of nitrogens with one attached hydrogen (secondary N) is 2. The Labute approximate surface area is 132 Å². The second-order valence-electron chi connectivity index (χ2n) is 5.36. The molecule has 0 saturated carbocycles. The summed E-state index contributed by atoms with van der Waals surface area (Å²) in [7, 11) is 1.96. The lowest BCUT2D eigenvalue weighted by Crippen LogP contribution is -2.18. The highest BCUT2D eigenvalue weighted by Crippen LogP contribution is 2.31. The quantitative estimate of drug-likeness (QED) is 0.893. The average molecular weight is 345 g/mol. The van der Waals surface area contributed by atoms with Crippen molar-refractivity contribution in [3.63, 3.8) is 0 Å². The van der Waals surface area contributed by atoms with Gasteiger partial charge in [-0.2, -0.15) is 0 Å². The molecular weight excluding hydrogens is 328 g/mol. The van der Waals surface area contributed by atoms with Gasteiger partial charge in [0.2, 0.25) is 5.91 Å². The van der Waals surface area contributed by atoms with Gasteiger partial charge < -0.3 is 10.6 Å². The standard InChI is InChI=1S/C17H17BrN2O/c1-10-3-5-13(18)9-14(10)17(19-2)11-4-6-15-12(7-11)8-16(21)20-15/h3-7,9,17,19H,8H2,1-2H3,(H,20,21). The van der Waals surface area contributed by atoms with E-state index < -0.39 is 0 Å². The average Bonchev–Trinajstić information content (AvgIpc) is 2.83. The predicted octanol–water partition coefficient (Wildman–Crippen LogP) is 3.56. The topological polar surface area (TPSA) is 41.1 Å². The summed E-state index contributed by atoms with van der Waals surface area (Å²) >= 11 is 3.54. The van der Waals surface area contributed by atoms with E-state index >= 15 is 0 Å². The zero-order valence-corrected chi connectivity index (χ0v) is 13.6. The van der Waals surface area contributed by atoms with E-state index in [0.29, 0.717) is 6.42 Å². The maximum atomic E-state index is 11.5. The van der Waals surface area contributed by atoms with E-state index in [4.69, 9.17) is 0 Å². The number of hydrogen-bond donors (Lipinski definition) is 2. The van der Waals surface area contributed by atoms with Crippen LogP contribution in [0.25, 0.3) is 0 Å². The molecule has 3 nitrogen and oxygen atoms in total. The van der Waals surface area contributed by atoms with Crippen molar-refractivity contribution in [3.8, 4) is 0 Å². The summed E-state index contributed by atoms with van der Waals surface area (Å²) in [6.07, 6.45) is 0.469. The summed E-state index contributed by atoms with van der Waals surface area (Å²) in [6.45, 7) is 2.12. The van der Waals surface area contributed by atoms with Gasteiger partial charge in [-0.15, -0.1) is 0 Å². The van der Waals surface area contributed by atoms with Gasteiger partial charge in [-0.1, -0.05) is 34.1 Å². The molecule has 108 valence electrons. The lowest BCUT2D eigenvalue weighted by Gasteiger charge is -2.20. The maximum absolute atomic E-state index is 11.5. The summed E-state index contributed by atoms with van der Waals surface area (Å²) in [5, 5.41) is 6.25. The molecule has 0 bridgehead atoms. The highest BCUT2D eigenvalue weighted by atomic mass is 79.9. The van der Waals surface area contributed by atoms with Crippen LogP contribution < -0.4 is 10.6 Å². The molecule has 1 aliphatic heterocycles. The molecule has 0 saturated heterocycles. The molecule has 1 aliphatic rings. The highest BCUT2D eigenvalue weighted by Gasteiger charge is 2.21. The Hall–Kier alpha value is -1.65. The summed E-state index contributed by atoms with van der Waals surface area (Å²) in [4.78, 5) is 11.5. The van der Waals surface area contributed by atoms with Crippen molar-refractivity contribution >= 4 is 27.5 Å². The highest BCUT2D eigenvalue weighted by molar-refractivity contribution is 9.10. The van der Waals surface area contributed by atoms with E-state index in [1.807, 2.05) is 13.1 Å². The zero-order chi connectivity index (χ0) is 15.0. The fourth-order valence-electron chi connectivity index (χ4n) is 2.85. The number of benzene rings is 2. The summed E-state index contributed by atoms with van der Waals surface area (Å²) in [5.74, 6) is 0.0711. The Bertz CT molecular complexity index is 712. The third-order valence-electron chi connectivity index (χ3n) is 3.93. The van der Waals surface area contributed by atoms with Gasteiger partial charge >= 0.3 is 0 Å². The number of halogens is 1. The van der Waals surface area contributed by atoms with Crippen LogP contribution in [0.5, 0.6) is 0 Å². The van der Waals surface area contributed by atoms with Gasteiger partial charge in [0.1, 0.15) is 0 Å². The second-order valence-corrected chi connectivity index (χ2v) is 6.28. The Morgan fingerprint density at radius 2 is 2.05 bits per heavy atom. The van der Waals surface area contributed by atoms with Crippen LogP contribution in [0.4, 0.5) is 5.69 Å². The summed E-state index contributed by atoms with van der Waals surface area (Å²) < 4.78 is 1.07. The third-order valence-corrected chi connectivity index (χ3v) is 4.42. The second kappa shape index (κ2) is 5.62. The third kappa shape index (κ3) is 2.74. The van der Waals surface area contributed by atoms with Crippen LogP contribution in [0.1, 0.15) is 28.3 Å². The van der Waals surface area contributed by atoms with Crippen molar-refractivity contribution in [3.05, 3.63) is 63.1 Å². The minimum atomic E-state index is 0.0711. The van der Waals surface area contributed by atoms with Gasteiger partial charge in [0.15, 0.2) is 0 Å². The Morgan fingerprint density at radius 1 is 1.24 bits per heavy atom. The minimum absolute atomic E-state index is 0.0711. The number of rotatable bonds is 3. The monoisotopic (exact) mass is 344 g/mol. The number of hydrogen-bond acceptors (Lipinski definition) is 2. The Kier molecular flexibility index (Phi) is 3.83. The van der Waals surface area contributed by atoms with Crippen LogP contribution in [0.2, 0.25) is 0 Å². The van der Waals surface area contributed by atoms with Crippen LogP contribution in [0.3, 0.4) is 0 Å². The molecule has 1 amide bonds. The lowest BCUT2D eigenvalue weighted by molar-refractivity contribution is -0.115. The molecule has 0 fully saturated rings. The van der Waals surface area contributed by atoms with Gasteiger partial charge in [-0.05, 0) is 54.4 Å². The predicted molar refractivity (Wildman–Crippen MR) is 88.6 cm³/mol. The molecule has 21 heavy (non-hydrogen) atoms. The van der Waals surface area contributed by atoms with Crippen LogP contribution in [-0.2, 0) is 11.2 Å². The first-order valence-electron chi connectivity index (χ1n) is 6.94. The van der Waals surface area contributed by atoms with E-state index in [9.17, 15) is 4.79 Å². The number of anilines is 1. The molecule has 2 aromatic rings. The molecule has 0 aliphatic carbocycles. The van der Waals surface area contributed by atoms with E-state index in [-0.39, 0.29) is 11.9 Å². The first-order chi connectivity index (χ1) is 10.1.